The highest BCUT2D eigenvalue weighted by Crippen LogP contribution is 2.46. The summed E-state index contributed by atoms with van der Waals surface area (Å²) in [6.07, 6.45) is 0. The monoisotopic (exact) mass is 350 g/mol. The van der Waals surface area contributed by atoms with E-state index < -0.39 is 0 Å². The van der Waals surface area contributed by atoms with Crippen molar-refractivity contribution < 1.29 is 4.79 Å². The Bertz CT molecular complexity index is 1010. The van der Waals surface area contributed by atoms with E-state index >= 15 is 0 Å². The van der Waals surface area contributed by atoms with Gasteiger partial charge in [0.05, 0.1) is 0 Å². The van der Waals surface area contributed by atoms with Crippen molar-refractivity contribution in [3.8, 4) is 0 Å². The second-order valence-corrected chi connectivity index (χ2v) is 9.20. The molecule has 2 aromatic heterocycles. The lowest BCUT2D eigenvalue weighted by molar-refractivity contribution is 0.105. The van der Waals surface area contributed by atoms with Gasteiger partial charge in [-0.2, -0.15) is 0 Å². The smallest absolute Gasteiger partial charge is 0.194 e. The predicted octanol–water partition coefficient (Wildman–Crippen LogP) is 6.20. The summed E-state index contributed by atoms with van der Waals surface area (Å²) in [5.74, 6) is 0.157. The summed E-state index contributed by atoms with van der Waals surface area (Å²) in [6.45, 7) is 8.49. The van der Waals surface area contributed by atoms with E-state index in [-0.39, 0.29) is 5.78 Å². The Labute approximate surface area is 150 Å². The molecule has 0 radical (unpaired) electrons. The van der Waals surface area contributed by atoms with E-state index in [9.17, 15) is 4.79 Å². The molecule has 0 amide bonds. The third kappa shape index (κ3) is 2.23. The number of carbonyl (C=O) groups excluding carboxylic acids is 1. The van der Waals surface area contributed by atoms with Crippen molar-refractivity contribution in [2.24, 2.45) is 0 Å². The zero-order valence-corrected chi connectivity index (χ0v) is 15.8. The average molecular weight is 351 g/mol. The molecule has 0 fully saturated rings. The number of ketones is 1. The quantitative estimate of drug-likeness (QED) is 0.538. The minimum atomic E-state index is 0.157. The zero-order chi connectivity index (χ0) is 17.0. The normalized spacial score (nSPS) is 13.8. The van der Waals surface area contributed by atoms with E-state index in [0.29, 0.717) is 0 Å². The van der Waals surface area contributed by atoms with Gasteiger partial charge >= 0.3 is 0 Å². The highest BCUT2D eigenvalue weighted by Gasteiger charge is 2.33. The number of fused-ring (bicyclic) bond motifs is 1. The van der Waals surface area contributed by atoms with Gasteiger partial charge in [0.15, 0.2) is 5.78 Å². The maximum atomic E-state index is 13.2. The van der Waals surface area contributed by atoms with E-state index in [4.69, 9.17) is 0 Å². The van der Waals surface area contributed by atoms with Gasteiger partial charge in [0, 0.05) is 41.8 Å². The Morgan fingerprint density at radius 3 is 1.67 bits per heavy atom. The van der Waals surface area contributed by atoms with Crippen LogP contribution in [0.15, 0.2) is 36.4 Å². The third-order valence-corrected chi connectivity index (χ3v) is 6.47. The van der Waals surface area contributed by atoms with Gasteiger partial charge in [-0.3, -0.25) is 4.79 Å². The van der Waals surface area contributed by atoms with Crippen molar-refractivity contribution in [3.63, 3.8) is 0 Å². The van der Waals surface area contributed by atoms with Crippen LogP contribution in [0.5, 0.6) is 0 Å². The van der Waals surface area contributed by atoms with Crippen molar-refractivity contribution in [2.75, 3.05) is 0 Å². The molecule has 3 heteroatoms. The van der Waals surface area contributed by atoms with Gasteiger partial charge in [-0.15, -0.1) is 22.7 Å². The summed E-state index contributed by atoms with van der Waals surface area (Å²) in [4.78, 5) is 18.2. The van der Waals surface area contributed by atoms with E-state index in [2.05, 4.69) is 45.9 Å². The summed E-state index contributed by atoms with van der Waals surface area (Å²) in [7, 11) is 0. The molecule has 0 bridgehead atoms. The summed E-state index contributed by atoms with van der Waals surface area (Å²) < 4.78 is 0. The second kappa shape index (κ2) is 5.54. The number of benzene rings is 1. The molecule has 1 aliphatic rings. The van der Waals surface area contributed by atoms with Gasteiger partial charge in [-0.1, -0.05) is 24.3 Å². The van der Waals surface area contributed by atoms with Gasteiger partial charge in [0.1, 0.15) is 0 Å². The Morgan fingerprint density at radius 1 is 0.667 bits per heavy atom. The fourth-order valence-electron chi connectivity index (χ4n) is 3.58. The van der Waals surface area contributed by atoms with E-state index in [0.717, 1.165) is 27.8 Å². The lowest BCUT2D eigenvalue weighted by atomic mass is 9.94. The third-order valence-electron chi connectivity index (χ3n) is 4.54. The number of hydrogen-bond acceptors (Lipinski definition) is 3. The van der Waals surface area contributed by atoms with Crippen LogP contribution in [0.25, 0.3) is 11.1 Å². The van der Waals surface area contributed by atoms with Gasteiger partial charge < -0.3 is 0 Å². The van der Waals surface area contributed by atoms with Crippen molar-refractivity contribution in [1.29, 1.82) is 0 Å². The molecule has 0 saturated carbocycles. The van der Waals surface area contributed by atoms with Crippen LogP contribution in [0.1, 0.15) is 46.6 Å². The molecule has 2 heterocycles. The van der Waals surface area contributed by atoms with Crippen molar-refractivity contribution in [1.82, 2.24) is 0 Å². The fourth-order valence-corrected chi connectivity index (χ4v) is 5.44. The number of rotatable bonds is 2. The molecule has 0 atom stereocenters. The number of allylic oxidation sites excluding steroid dienone is 1. The standard InChI is InChI=1S/C21H18OS2/c1-11-9-17(13(3)23-11)19-15-7-5-6-8-16(15)21(22)20(19)18-10-12(2)24-14(18)4/h5-10H,1-4H3. The molecular weight excluding hydrogens is 332 g/mol. The molecule has 4 rings (SSSR count). The van der Waals surface area contributed by atoms with E-state index in [1.807, 2.05) is 18.2 Å². The van der Waals surface area contributed by atoms with Gasteiger partial charge in [-0.05, 0) is 51.0 Å². The maximum Gasteiger partial charge on any atom is 0.194 e. The molecular formula is C21H18OS2. The topological polar surface area (TPSA) is 17.1 Å². The summed E-state index contributed by atoms with van der Waals surface area (Å²) in [6, 6.07) is 12.4. The molecule has 3 aromatic rings. The Balaban J connectivity index is 2.09. The van der Waals surface area contributed by atoms with Crippen molar-refractivity contribution >= 4 is 39.6 Å². The molecule has 0 N–H and O–H groups in total. The number of hydrogen-bond donors (Lipinski definition) is 0. The van der Waals surface area contributed by atoms with Crippen LogP contribution in [-0.2, 0) is 0 Å². The summed E-state index contributed by atoms with van der Waals surface area (Å²) >= 11 is 3.56. The van der Waals surface area contributed by atoms with Crippen LogP contribution in [-0.4, -0.2) is 5.78 Å². The van der Waals surface area contributed by atoms with Crippen LogP contribution in [0.3, 0.4) is 0 Å². The largest absolute Gasteiger partial charge is 0.289 e. The lowest BCUT2D eigenvalue weighted by Crippen LogP contribution is -1.98. The number of Topliss-reactive ketones (excluding diaryl/α,β-unsaturated/α-hetero) is 1. The molecule has 1 aliphatic carbocycles. The predicted molar refractivity (Wildman–Crippen MR) is 104 cm³/mol. The molecule has 0 spiro atoms. The molecule has 0 unspecified atom stereocenters. The maximum absolute atomic E-state index is 13.2. The second-order valence-electron chi connectivity index (χ2n) is 6.28. The van der Waals surface area contributed by atoms with Crippen molar-refractivity contribution in [3.05, 3.63) is 78.2 Å². The fraction of sp³-hybridized carbons (Fsp3) is 0.190. The minimum Gasteiger partial charge on any atom is -0.289 e. The highest BCUT2D eigenvalue weighted by molar-refractivity contribution is 7.12. The van der Waals surface area contributed by atoms with Crippen LogP contribution in [0, 0.1) is 27.7 Å². The molecule has 24 heavy (non-hydrogen) atoms. The first kappa shape index (κ1) is 15.6. The van der Waals surface area contributed by atoms with Gasteiger partial charge in [-0.25, -0.2) is 0 Å². The summed E-state index contributed by atoms with van der Waals surface area (Å²) in [5, 5.41) is 0. The molecule has 0 saturated heterocycles. The Kier molecular flexibility index (Phi) is 3.59. The van der Waals surface area contributed by atoms with Crippen LogP contribution in [0.4, 0.5) is 0 Å². The molecule has 120 valence electrons. The van der Waals surface area contributed by atoms with Crippen molar-refractivity contribution in [2.45, 2.75) is 27.7 Å². The summed E-state index contributed by atoms with van der Waals surface area (Å²) in [5.41, 5.74) is 6.18. The molecule has 1 nitrogen and oxygen atoms in total. The van der Waals surface area contributed by atoms with Gasteiger partial charge in [0.25, 0.3) is 0 Å². The SMILES string of the molecule is Cc1cc(C2=C(c3cc(C)sc3C)c3ccccc3C2=O)c(C)s1. The number of aryl methyl sites for hydroxylation is 4. The first-order valence-electron chi connectivity index (χ1n) is 8.00. The average Bonchev–Trinajstić information content (AvgIpc) is 3.13. The molecule has 0 aliphatic heterocycles. The van der Waals surface area contributed by atoms with E-state index in [1.165, 1.54) is 25.1 Å². The van der Waals surface area contributed by atoms with Crippen LogP contribution < -0.4 is 0 Å². The number of thiophene rings is 2. The van der Waals surface area contributed by atoms with E-state index in [1.54, 1.807) is 22.7 Å². The Morgan fingerprint density at radius 2 is 1.17 bits per heavy atom. The zero-order valence-electron chi connectivity index (χ0n) is 14.2. The van der Waals surface area contributed by atoms with Crippen LogP contribution >= 0.6 is 22.7 Å². The number of carbonyl (C=O) groups is 1. The first-order valence-corrected chi connectivity index (χ1v) is 9.64. The minimum absolute atomic E-state index is 0.157. The van der Waals surface area contributed by atoms with Gasteiger partial charge in [0.2, 0.25) is 0 Å². The molecule has 1 aromatic carbocycles. The highest BCUT2D eigenvalue weighted by atomic mass is 32.1. The van der Waals surface area contributed by atoms with Crippen LogP contribution in [0.2, 0.25) is 0 Å². The Hall–Kier alpha value is -1.97. The lowest BCUT2D eigenvalue weighted by Gasteiger charge is -2.08. The first-order chi connectivity index (χ1) is 11.5.